The summed E-state index contributed by atoms with van der Waals surface area (Å²) in [5.74, 6) is 0.433. The molecule has 4 heteroatoms. The average Bonchev–Trinajstić information content (AvgIpc) is 3.01. The minimum absolute atomic E-state index is 0.189. The summed E-state index contributed by atoms with van der Waals surface area (Å²) in [5, 5.41) is 4.43. The standard InChI is InChI=1S/C18H23N3O/c1-14-11-12-21(19-14)17-10-6-9-16(13-17)20(2)18(22)15-7-4-3-5-8-15/h6,9-13,15H,3-5,7-8H2,1-2H3. The molecule has 1 aliphatic carbocycles. The summed E-state index contributed by atoms with van der Waals surface area (Å²) in [6, 6.07) is 9.97. The Balaban J connectivity index is 1.80. The van der Waals surface area contributed by atoms with Crippen LogP contribution in [0.1, 0.15) is 37.8 Å². The van der Waals surface area contributed by atoms with Gasteiger partial charge in [-0.2, -0.15) is 5.10 Å². The van der Waals surface area contributed by atoms with Crippen LogP contribution >= 0.6 is 0 Å². The molecule has 0 N–H and O–H groups in total. The molecule has 3 rings (SSSR count). The molecule has 0 unspecified atom stereocenters. The van der Waals surface area contributed by atoms with E-state index in [0.29, 0.717) is 0 Å². The topological polar surface area (TPSA) is 38.1 Å². The summed E-state index contributed by atoms with van der Waals surface area (Å²) in [7, 11) is 1.88. The van der Waals surface area contributed by atoms with Gasteiger partial charge in [-0.1, -0.05) is 25.3 Å². The number of benzene rings is 1. The van der Waals surface area contributed by atoms with Gasteiger partial charge in [0.1, 0.15) is 0 Å². The van der Waals surface area contributed by atoms with Crippen LogP contribution in [0.15, 0.2) is 36.5 Å². The predicted molar refractivity (Wildman–Crippen MR) is 88.3 cm³/mol. The molecule has 1 fully saturated rings. The quantitative estimate of drug-likeness (QED) is 0.866. The van der Waals surface area contributed by atoms with Gasteiger partial charge in [0.2, 0.25) is 5.91 Å². The van der Waals surface area contributed by atoms with Crippen molar-refractivity contribution >= 4 is 11.6 Å². The van der Waals surface area contributed by atoms with Crippen molar-refractivity contribution in [2.75, 3.05) is 11.9 Å². The first-order valence-electron chi connectivity index (χ1n) is 8.05. The Morgan fingerprint density at radius 1 is 1.23 bits per heavy atom. The highest BCUT2D eigenvalue weighted by atomic mass is 16.2. The summed E-state index contributed by atoms with van der Waals surface area (Å²) in [5.41, 5.74) is 2.90. The Morgan fingerprint density at radius 3 is 2.68 bits per heavy atom. The van der Waals surface area contributed by atoms with Crippen molar-refractivity contribution in [1.29, 1.82) is 0 Å². The third-order valence-corrected chi connectivity index (χ3v) is 4.49. The van der Waals surface area contributed by atoms with Crippen molar-refractivity contribution in [1.82, 2.24) is 9.78 Å². The highest BCUT2D eigenvalue weighted by Gasteiger charge is 2.24. The second-order valence-corrected chi connectivity index (χ2v) is 6.15. The second-order valence-electron chi connectivity index (χ2n) is 6.15. The van der Waals surface area contributed by atoms with Gasteiger partial charge in [-0.05, 0) is 44.0 Å². The monoisotopic (exact) mass is 297 g/mol. The number of carbonyl (C=O) groups is 1. The van der Waals surface area contributed by atoms with Gasteiger partial charge >= 0.3 is 0 Å². The molecule has 0 aliphatic heterocycles. The Bertz CT molecular complexity index is 656. The van der Waals surface area contributed by atoms with E-state index >= 15 is 0 Å². The van der Waals surface area contributed by atoms with Crippen molar-refractivity contribution in [3.05, 3.63) is 42.2 Å². The molecule has 1 aromatic heterocycles. The van der Waals surface area contributed by atoms with E-state index in [9.17, 15) is 4.79 Å². The van der Waals surface area contributed by atoms with Gasteiger partial charge in [-0.15, -0.1) is 0 Å². The molecule has 22 heavy (non-hydrogen) atoms. The minimum Gasteiger partial charge on any atom is -0.315 e. The zero-order valence-electron chi connectivity index (χ0n) is 13.3. The number of aromatic nitrogens is 2. The summed E-state index contributed by atoms with van der Waals surface area (Å²) >= 11 is 0. The normalized spacial score (nSPS) is 15.7. The Kier molecular flexibility index (Phi) is 4.27. The predicted octanol–water partition coefficient (Wildman–Crippen LogP) is 3.72. The molecule has 0 atom stereocenters. The van der Waals surface area contributed by atoms with E-state index < -0.39 is 0 Å². The molecule has 0 radical (unpaired) electrons. The van der Waals surface area contributed by atoms with Crippen molar-refractivity contribution in [2.45, 2.75) is 39.0 Å². The minimum atomic E-state index is 0.189. The van der Waals surface area contributed by atoms with E-state index in [-0.39, 0.29) is 11.8 Å². The molecule has 1 amide bonds. The lowest BCUT2D eigenvalue weighted by atomic mass is 9.88. The third kappa shape index (κ3) is 3.06. The van der Waals surface area contributed by atoms with Crippen molar-refractivity contribution in [2.24, 2.45) is 5.92 Å². The van der Waals surface area contributed by atoms with Crippen LogP contribution in [0.25, 0.3) is 5.69 Å². The van der Waals surface area contributed by atoms with E-state index in [0.717, 1.165) is 29.9 Å². The maximum Gasteiger partial charge on any atom is 0.229 e. The summed E-state index contributed by atoms with van der Waals surface area (Å²) in [6.07, 6.45) is 7.62. The number of amides is 1. The van der Waals surface area contributed by atoms with Gasteiger partial charge in [-0.3, -0.25) is 4.79 Å². The number of hydrogen-bond donors (Lipinski definition) is 0. The largest absolute Gasteiger partial charge is 0.315 e. The molecule has 1 saturated carbocycles. The van der Waals surface area contributed by atoms with Crippen LogP contribution in [0.3, 0.4) is 0 Å². The second kappa shape index (κ2) is 6.34. The van der Waals surface area contributed by atoms with Crippen LogP contribution in [0.5, 0.6) is 0 Å². The van der Waals surface area contributed by atoms with Gasteiger partial charge in [0.25, 0.3) is 0 Å². The first-order valence-corrected chi connectivity index (χ1v) is 8.05. The lowest BCUT2D eigenvalue weighted by Gasteiger charge is -2.26. The van der Waals surface area contributed by atoms with Crippen LogP contribution in [-0.2, 0) is 4.79 Å². The average molecular weight is 297 g/mol. The zero-order valence-corrected chi connectivity index (χ0v) is 13.3. The number of nitrogens with zero attached hydrogens (tertiary/aromatic N) is 3. The van der Waals surface area contributed by atoms with Crippen molar-refractivity contribution in [3.8, 4) is 5.69 Å². The lowest BCUT2D eigenvalue weighted by Crippen LogP contribution is -2.34. The van der Waals surface area contributed by atoms with E-state index in [1.165, 1.54) is 19.3 Å². The number of carbonyl (C=O) groups excluding carboxylic acids is 1. The summed E-state index contributed by atoms with van der Waals surface area (Å²) in [6.45, 7) is 1.97. The molecule has 2 aromatic rings. The van der Waals surface area contributed by atoms with Gasteiger partial charge in [0.15, 0.2) is 0 Å². The van der Waals surface area contributed by atoms with E-state index in [1.54, 1.807) is 4.90 Å². The van der Waals surface area contributed by atoms with Crippen LogP contribution in [0, 0.1) is 12.8 Å². The molecule has 0 spiro atoms. The first kappa shape index (κ1) is 14.8. The van der Waals surface area contributed by atoms with Crippen LogP contribution < -0.4 is 4.90 Å². The maximum absolute atomic E-state index is 12.7. The summed E-state index contributed by atoms with van der Waals surface area (Å²) in [4.78, 5) is 14.5. The van der Waals surface area contributed by atoms with Gasteiger partial charge in [0, 0.05) is 24.8 Å². The van der Waals surface area contributed by atoms with E-state index in [2.05, 4.69) is 5.10 Å². The van der Waals surface area contributed by atoms with Crippen molar-refractivity contribution in [3.63, 3.8) is 0 Å². The molecule has 1 aliphatic rings. The Morgan fingerprint density at radius 2 is 2.00 bits per heavy atom. The molecule has 4 nitrogen and oxygen atoms in total. The molecule has 0 saturated heterocycles. The molecular formula is C18H23N3O. The first-order chi connectivity index (χ1) is 10.6. The Hall–Kier alpha value is -2.10. The smallest absolute Gasteiger partial charge is 0.229 e. The van der Waals surface area contributed by atoms with Gasteiger partial charge in [0.05, 0.1) is 11.4 Å². The lowest BCUT2D eigenvalue weighted by molar-refractivity contribution is -0.123. The number of anilines is 1. The highest BCUT2D eigenvalue weighted by Crippen LogP contribution is 2.27. The zero-order chi connectivity index (χ0) is 15.5. The molecular weight excluding hydrogens is 274 g/mol. The SMILES string of the molecule is Cc1ccn(-c2cccc(N(C)C(=O)C3CCCCC3)c2)n1. The highest BCUT2D eigenvalue weighted by molar-refractivity contribution is 5.94. The Labute approximate surface area is 131 Å². The number of aryl methyl sites for hydroxylation is 1. The van der Waals surface area contributed by atoms with E-state index in [1.807, 2.05) is 55.2 Å². The number of rotatable bonds is 3. The molecule has 116 valence electrons. The van der Waals surface area contributed by atoms with Crippen LogP contribution in [0.2, 0.25) is 0 Å². The van der Waals surface area contributed by atoms with Crippen LogP contribution in [0.4, 0.5) is 5.69 Å². The maximum atomic E-state index is 12.7. The fourth-order valence-corrected chi connectivity index (χ4v) is 3.15. The van der Waals surface area contributed by atoms with E-state index in [4.69, 9.17) is 0 Å². The fraction of sp³-hybridized carbons (Fsp3) is 0.444. The summed E-state index contributed by atoms with van der Waals surface area (Å²) < 4.78 is 1.84. The molecule has 1 aromatic carbocycles. The van der Waals surface area contributed by atoms with Gasteiger partial charge in [-0.25, -0.2) is 4.68 Å². The van der Waals surface area contributed by atoms with Crippen molar-refractivity contribution < 1.29 is 4.79 Å². The number of hydrogen-bond acceptors (Lipinski definition) is 2. The van der Waals surface area contributed by atoms with Gasteiger partial charge < -0.3 is 4.90 Å². The van der Waals surface area contributed by atoms with Crippen LogP contribution in [-0.4, -0.2) is 22.7 Å². The molecule has 0 bridgehead atoms. The third-order valence-electron chi connectivity index (χ3n) is 4.49. The fourth-order valence-electron chi connectivity index (χ4n) is 3.15. The molecule has 1 heterocycles.